The molecule has 1 aliphatic rings. The third-order valence-electron chi connectivity index (χ3n) is 4.70. The van der Waals surface area contributed by atoms with Crippen LogP contribution in [0.3, 0.4) is 0 Å². The van der Waals surface area contributed by atoms with Crippen LogP contribution in [-0.4, -0.2) is 16.1 Å². The van der Waals surface area contributed by atoms with E-state index >= 15 is 0 Å². The molecule has 0 bridgehead atoms. The van der Waals surface area contributed by atoms with Gasteiger partial charge in [0, 0.05) is 16.5 Å². The van der Waals surface area contributed by atoms with Crippen LogP contribution >= 0.6 is 0 Å². The third-order valence-corrected chi connectivity index (χ3v) is 4.70. The van der Waals surface area contributed by atoms with E-state index in [-0.39, 0.29) is 17.4 Å². The van der Waals surface area contributed by atoms with Gasteiger partial charge in [0.1, 0.15) is 0 Å². The average Bonchev–Trinajstić information content (AvgIpc) is 3.11. The number of nitrogens with one attached hydrogen (secondary N) is 1. The molecule has 2 aromatic carbocycles. The molecule has 0 saturated carbocycles. The van der Waals surface area contributed by atoms with Crippen molar-refractivity contribution in [3.8, 4) is 0 Å². The van der Waals surface area contributed by atoms with Crippen LogP contribution < -0.4 is 4.90 Å². The minimum absolute atomic E-state index is 0.0723. The highest BCUT2D eigenvalue weighted by atomic mass is 16.2. The molecule has 1 saturated heterocycles. The Morgan fingerprint density at radius 2 is 1.96 bits per heavy atom. The molecular formula is C19H19N3O. The molecule has 4 heteroatoms. The fourth-order valence-corrected chi connectivity index (χ4v) is 3.45. The zero-order chi connectivity index (χ0) is 16.0. The van der Waals surface area contributed by atoms with Crippen LogP contribution in [-0.2, 0) is 4.79 Å². The monoisotopic (exact) mass is 305 g/mol. The van der Waals surface area contributed by atoms with Crippen molar-refractivity contribution in [2.45, 2.75) is 26.3 Å². The molecule has 23 heavy (non-hydrogen) atoms. The Morgan fingerprint density at radius 3 is 2.74 bits per heavy atom. The summed E-state index contributed by atoms with van der Waals surface area (Å²) in [5, 5.41) is 8.04. The summed E-state index contributed by atoms with van der Waals surface area (Å²) in [4.78, 5) is 14.9. The fraction of sp³-hybridized carbons (Fsp3) is 0.263. The Kier molecular flexibility index (Phi) is 3.01. The van der Waals surface area contributed by atoms with E-state index < -0.39 is 0 Å². The molecule has 4 nitrogen and oxygen atoms in total. The Hall–Kier alpha value is -2.62. The normalized spacial score (nSPS) is 20.3. The summed E-state index contributed by atoms with van der Waals surface area (Å²) < 4.78 is 0. The van der Waals surface area contributed by atoms with Crippen molar-refractivity contribution >= 4 is 22.5 Å². The summed E-state index contributed by atoms with van der Waals surface area (Å²) in [7, 11) is 0. The molecule has 1 unspecified atom stereocenters. The van der Waals surface area contributed by atoms with Gasteiger partial charge in [-0.1, -0.05) is 44.2 Å². The molecule has 1 fully saturated rings. The quantitative estimate of drug-likeness (QED) is 0.776. The van der Waals surface area contributed by atoms with Gasteiger partial charge in [0.25, 0.3) is 0 Å². The Labute approximate surface area is 135 Å². The van der Waals surface area contributed by atoms with Gasteiger partial charge < -0.3 is 4.90 Å². The third kappa shape index (κ3) is 2.22. The summed E-state index contributed by atoms with van der Waals surface area (Å²) in [6.07, 6.45) is 2.61. The molecular weight excluding hydrogens is 286 g/mol. The number of aromatic nitrogens is 2. The Bertz CT molecular complexity index is 866. The molecule has 0 spiro atoms. The van der Waals surface area contributed by atoms with Gasteiger partial charge in [-0.2, -0.15) is 5.10 Å². The van der Waals surface area contributed by atoms with Gasteiger partial charge in [-0.3, -0.25) is 9.89 Å². The second-order valence-corrected chi connectivity index (χ2v) is 6.83. The van der Waals surface area contributed by atoms with E-state index in [1.807, 2.05) is 55.1 Å². The van der Waals surface area contributed by atoms with Gasteiger partial charge in [-0.05, 0) is 30.2 Å². The lowest BCUT2D eigenvalue weighted by molar-refractivity contribution is -0.124. The molecule has 4 rings (SSSR count). The van der Waals surface area contributed by atoms with Gasteiger partial charge in [0.2, 0.25) is 5.91 Å². The highest BCUT2D eigenvalue weighted by Gasteiger charge is 2.46. The first kappa shape index (κ1) is 14.0. The van der Waals surface area contributed by atoms with Crippen LogP contribution in [0.5, 0.6) is 0 Å². The van der Waals surface area contributed by atoms with Gasteiger partial charge in [-0.25, -0.2) is 0 Å². The highest BCUT2D eigenvalue weighted by Crippen LogP contribution is 2.46. The Balaban J connectivity index is 1.83. The zero-order valence-electron chi connectivity index (χ0n) is 13.3. The molecule has 116 valence electrons. The number of hydrogen-bond donors (Lipinski definition) is 1. The van der Waals surface area contributed by atoms with Gasteiger partial charge in [-0.15, -0.1) is 0 Å². The van der Waals surface area contributed by atoms with Crippen LogP contribution in [0.1, 0.15) is 31.9 Å². The summed E-state index contributed by atoms with van der Waals surface area (Å²) >= 11 is 0. The predicted octanol–water partition coefficient (Wildman–Crippen LogP) is 4.07. The first-order chi connectivity index (χ1) is 11.1. The number of hydrogen-bond acceptors (Lipinski definition) is 2. The van der Waals surface area contributed by atoms with Crippen LogP contribution in [0.2, 0.25) is 0 Å². The maximum Gasteiger partial charge on any atom is 0.233 e. The molecule has 1 aromatic heterocycles. The van der Waals surface area contributed by atoms with Crippen LogP contribution in [0.15, 0.2) is 54.7 Å². The molecule has 1 amide bonds. The number of fused-ring (bicyclic) bond motifs is 1. The van der Waals surface area contributed by atoms with Crippen molar-refractivity contribution in [2.24, 2.45) is 5.41 Å². The highest BCUT2D eigenvalue weighted by molar-refractivity contribution is 6.01. The number of amides is 1. The first-order valence-electron chi connectivity index (χ1n) is 7.88. The van der Waals surface area contributed by atoms with Gasteiger partial charge in [0.05, 0.1) is 17.8 Å². The van der Waals surface area contributed by atoms with Crippen molar-refractivity contribution in [1.82, 2.24) is 10.2 Å². The number of carbonyl (C=O) groups excluding carboxylic acids is 1. The van der Waals surface area contributed by atoms with Crippen molar-refractivity contribution in [1.29, 1.82) is 0 Å². The first-order valence-corrected chi connectivity index (χ1v) is 7.88. The molecule has 0 aliphatic carbocycles. The number of benzene rings is 2. The molecule has 1 atom stereocenters. The number of carbonyl (C=O) groups is 1. The molecule has 3 aromatic rings. The SMILES string of the molecule is CC1(C)CC(c2ccccc2)N(c2ccc3[nH]ncc3c2)C1=O. The van der Waals surface area contributed by atoms with Gasteiger partial charge in [0.15, 0.2) is 0 Å². The van der Waals surface area contributed by atoms with Crippen LogP contribution in [0, 0.1) is 5.41 Å². The number of H-pyrrole nitrogens is 1. The minimum atomic E-state index is -0.355. The van der Waals surface area contributed by atoms with E-state index in [1.165, 1.54) is 5.56 Å². The topological polar surface area (TPSA) is 49.0 Å². The van der Waals surface area contributed by atoms with E-state index in [1.54, 1.807) is 6.20 Å². The summed E-state index contributed by atoms with van der Waals surface area (Å²) in [6, 6.07) is 16.4. The average molecular weight is 305 g/mol. The molecule has 2 heterocycles. The van der Waals surface area contributed by atoms with E-state index in [2.05, 4.69) is 22.3 Å². The van der Waals surface area contributed by atoms with Crippen molar-refractivity contribution in [3.63, 3.8) is 0 Å². The Morgan fingerprint density at radius 1 is 1.17 bits per heavy atom. The lowest BCUT2D eigenvalue weighted by Gasteiger charge is -2.25. The minimum Gasteiger partial charge on any atom is -0.304 e. The second kappa shape index (κ2) is 4.95. The van der Waals surface area contributed by atoms with Gasteiger partial charge >= 0.3 is 0 Å². The van der Waals surface area contributed by atoms with Crippen molar-refractivity contribution in [2.75, 3.05) is 4.90 Å². The van der Waals surface area contributed by atoms with Crippen molar-refractivity contribution in [3.05, 3.63) is 60.3 Å². The van der Waals surface area contributed by atoms with E-state index in [9.17, 15) is 4.79 Å². The summed E-state index contributed by atoms with van der Waals surface area (Å²) in [5.41, 5.74) is 2.74. The number of rotatable bonds is 2. The van der Waals surface area contributed by atoms with E-state index in [0.717, 1.165) is 23.0 Å². The molecule has 0 radical (unpaired) electrons. The summed E-state index contributed by atoms with van der Waals surface area (Å²) in [6.45, 7) is 4.06. The van der Waals surface area contributed by atoms with Crippen LogP contribution in [0.4, 0.5) is 5.69 Å². The zero-order valence-corrected chi connectivity index (χ0v) is 13.3. The summed E-state index contributed by atoms with van der Waals surface area (Å²) in [5.74, 6) is 0.175. The predicted molar refractivity (Wildman–Crippen MR) is 91.2 cm³/mol. The second-order valence-electron chi connectivity index (χ2n) is 6.83. The maximum atomic E-state index is 13.0. The molecule has 1 aliphatic heterocycles. The maximum absolute atomic E-state index is 13.0. The van der Waals surface area contributed by atoms with Crippen molar-refractivity contribution < 1.29 is 4.79 Å². The number of aromatic amines is 1. The lowest BCUT2D eigenvalue weighted by atomic mass is 9.88. The van der Waals surface area contributed by atoms with E-state index in [4.69, 9.17) is 0 Å². The number of anilines is 1. The lowest BCUT2D eigenvalue weighted by Crippen LogP contribution is -2.32. The fourth-order valence-electron chi connectivity index (χ4n) is 3.45. The smallest absolute Gasteiger partial charge is 0.233 e. The standard InChI is InChI=1S/C19H19N3O/c1-19(2)11-17(13-6-4-3-5-7-13)22(18(19)23)15-8-9-16-14(10-15)12-20-21-16/h3-10,12,17H,11H2,1-2H3,(H,20,21). The number of nitrogens with zero attached hydrogens (tertiary/aromatic N) is 2. The molecule has 1 N–H and O–H groups in total. The van der Waals surface area contributed by atoms with Crippen LogP contribution in [0.25, 0.3) is 10.9 Å². The largest absolute Gasteiger partial charge is 0.304 e. The van der Waals surface area contributed by atoms with E-state index in [0.29, 0.717) is 0 Å².